The van der Waals surface area contributed by atoms with Crippen LogP contribution in [0.3, 0.4) is 0 Å². The summed E-state index contributed by atoms with van der Waals surface area (Å²) in [6, 6.07) is 10.3. The average molecular weight is 426 g/mol. The second kappa shape index (κ2) is 9.40. The second-order valence-electron chi connectivity index (χ2n) is 7.45. The highest BCUT2D eigenvalue weighted by atomic mass is 32.1. The minimum atomic E-state index is 0.447. The van der Waals surface area contributed by atoms with E-state index < -0.39 is 0 Å². The summed E-state index contributed by atoms with van der Waals surface area (Å²) in [6.45, 7) is 2.80. The molecule has 1 aromatic carbocycles. The van der Waals surface area contributed by atoms with E-state index in [1.165, 1.54) is 12.8 Å². The van der Waals surface area contributed by atoms with Gasteiger partial charge in [0.25, 0.3) is 0 Å². The Balaban J connectivity index is 1.43. The zero-order valence-corrected chi connectivity index (χ0v) is 18.4. The van der Waals surface area contributed by atoms with Crippen molar-refractivity contribution in [1.82, 2.24) is 20.1 Å². The monoisotopic (exact) mass is 425 g/mol. The molecule has 1 unspecified atom stereocenters. The standard InChI is InChI=1S/C22H27N5O2S/c1-26(14-17-7-6-12-27(17)20-10-5-11-23-25-20)13-16-15-30-22(24-16)18-8-4-9-19(28-2)21(18)29-3/h4-5,8-11,15,17H,6-7,12-14H2,1-3H3. The van der Waals surface area contributed by atoms with Gasteiger partial charge in [0.2, 0.25) is 0 Å². The van der Waals surface area contributed by atoms with Crippen LogP contribution in [0, 0.1) is 0 Å². The van der Waals surface area contributed by atoms with Crippen LogP contribution < -0.4 is 14.4 Å². The smallest absolute Gasteiger partial charge is 0.170 e. The molecule has 1 aliphatic heterocycles. The summed E-state index contributed by atoms with van der Waals surface area (Å²) >= 11 is 1.63. The molecule has 3 aromatic rings. The molecule has 4 rings (SSSR count). The fourth-order valence-corrected chi connectivity index (χ4v) is 4.87. The van der Waals surface area contributed by atoms with Crippen molar-refractivity contribution in [2.75, 3.05) is 39.3 Å². The fraction of sp³-hybridized carbons (Fsp3) is 0.409. The molecule has 1 aliphatic rings. The van der Waals surface area contributed by atoms with Crippen LogP contribution in [-0.2, 0) is 6.54 Å². The summed E-state index contributed by atoms with van der Waals surface area (Å²) in [4.78, 5) is 9.57. The van der Waals surface area contributed by atoms with Gasteiger partial charge in [0, 0.05) is 37.3 Å². The molecule has 0 spiro atoms. The van der Waals surface area contributed by atoms with Gasteiger partial charge in [-0.2, -0.15) is 5.10 Å². The maximum atomic E-state index is 5.57. The number of benzene rings is 1. The summed E-state index contributed by atoms with van der Waals surface area (Å²) in [7, 11) is 5.46. The lowest BCUT2D eigenvalue weighted by Crippen LogP contribution is -2.39. The Bertz CT molecular complexity index is 965. The van der Waals surface area contributed by atoms with E-state index in [4.69, 9.17) is 14.5 Å². The molecule has 0 saturated carbocycles. The highest BCUT2D eigenvalue weighted by molar-refractivity contribution is 7.13. The van der Waals surface area contributed by atoms with Crippen LogP contribution in [0.5, 0.6) is 11.5 Å². The van der Waals surface area contributed by atoms with Crippen molar-refractivity contribution >= 4 is 17.2 Å². The Labute approximate surface area is 181 Å². The number of thiazole rings is 1. The van der Waals surface area contributed by atoms with Gasteiger partial charge in [-0.1, -0.05) is 6.07 Å². The molecule has 0 amide bonds. The van der Waals surface area contributed by atoms with E-state index in [-0.39, 0.29) is 0 Å². The molecule has 1 atom stereocenters. The van der Waals surface area contributed by atoms with Crippen molar-refractivity contribution in [1.29, 1.82) is 0 Å². The molecule has 1 saturated heterocycles. The number of methoxy groups -OCH3 is 2. The number of anilines is 1. The SMILES string of the molecule is COc1cccc(-c2nc(CN(C)CC3CCCN3c3cccnn3)cs2)c1OC. The van der Waals surface area contributed by atoms with Gasteiger partial charge < -0.3 is 14.4 Å². The molecule has 0 radical (unpaired) electrons. The van der Waals surface area contributed by atoms with Gasteiger partial charge in [0.15, 0.2) is 17.3 Å². The number of hydrogen-bond acceptors (Lipinski definition) is 8. The molecule has 158 valence electrons. The topological polar surface area (TPSA) is 63.6 Å². The first-order valence-electron chi connectivity index (χ1n) is 10.1. The predicted octanol–water partition coefficient (Wildman–Crippen LogP) is 3.72. The minimum absolute atomic E-state index is 0.447. The van der Waals surface area contributed by atoms with Crippen LogP contribution in [-0.4, -0.2) is 60.5 Å². The third kappa shape index (κ3) is 4.39. The van der Waals surface area contributed by atoms with E-state index >= 15 is 0 Å². The maximum absolute atomic E-state index is 5.57. The molecule has 30 heavy (non-hydrogen) atoms. The van der Waals surface area contributed by atoms with Crippen LogP contribution in [0.1, 0.15) is 18.5 Å². The summed E-state index contributed by atoms with van der Waals surface area (Å²) in [6.07, 6.45) is 4.08. The van der Waals surface area contributed by atoms with Crippen molar-refractivity contribution in [3.8, 4) is 22.1 Å². The van der Waals surface area contributed by atoms with Gasteiger partial charge >= 0.3 is 0 Å². The van der Waals surface area contributed by atoms with Crippen molar-refractivity contribution in [3.05, 3.63) is 47.6 Å². The van der Waals surface area contributed by atoms with Crippen molar-refractivity contribution < 1.29 is 9.47 Å². The van der Waals surface area contributed by atoms with Gasteiger partial charge in [-0.25, -0.2) is 4.98 Å². The number of aromatic nitrogens is 3. The number of ether oxygens (including phenoxy) is 2. The average Bonchev–Trinajstić information content (AvgIpc) is 3.43. The largest absolute Gasteiger partial charge is 0.493 e. The van der Waals surface area contributed by atoms with Crippen LogP contribution in [0.4, 0.5) is 5.82 Å². The molecule has 0 bridgehead atoms. The molecule has 8 heteroatoms. The highest BCUT2D eigenvalue weighted by Gasteiger charge is 2.27. The number of para-hydroxylation sites is 1. The summed E-state index contributed by atoms with van der Waals surface area (Å²) in [5, 5.41) is 11.4. The Morgan fingerprint density at radius 1 is 1.20 bits per heavy atom. The number of nitrogens with zero attached hydrogens (tertiary/aromatic N) is 5. The van der Waals surface area contributed by atoms with Gasteiger partial charge in [-0.05, 0) is 44.2 Å². The first-order chi connectivity index (χ1) is 14.7. The van der Waals surface area contributed by atoms with E-state index in [1.54, 1.807) is 31.8 Å². The van der Waals surface area contributed by atoms with Crippen LogP contribution in [0.2, 0.25) is 0 Å². The zero-order valence-electron chi connectivity index (χ0n) is 17.6. The van der Waals surface area contributed by atoms with Gasteiger partial charge in [0.05, 0.1) is 25.5 Å². The molecule has 0 aliphatic carbocycles. The van der Waals surface area contributed by atoms with E-state index in [0.717, 1.165) is 47.5 Å². The van der Waals surface area contributed by atoms with Crippen LogP contribution in [0.25, 0.3) is 10.6 Å². The van der Waals surface area contributed by atoms with Gasteiger partial charge in [-0.3, -0.25) is 4.90 Å². The number of likely N-dealkylation sites (N-methyl/N-ethyl adjacent to an activating group) is 1. The third-order valence-electron chi connectivity index (χ3n) is 5.37. The summed E-state index contributed by atoms with van der Waals surface area (Å²) in [5.41, 5.74) is 2.02. The fourth-order valence-electron chi connectivity index (χ4n) is 4.03. The lowest BCUT2D eigenvalue weighted by atomic mass is 10.2. The van der Waals surface area contributed by atoms with E-state index in [9.17, 15) is 0 Å². The molecule has 3 heterocycles. The Kier molecular flexibility index (Phi) is 6.44. The predicted molar refractivity (Wildman–Crippen MR) is 119 cm³/mol. The molecular formula is C22H27N5O2S. The third-order valence-corrected chi connectivity index (χ3v) is 6.29. The normalized spacial score (nSPS) is 16.3. The lowest BCUT2D eigenvalue weighted by Gasteiger charge is -2.28. The molecule has 0 N–H and O–H groups in total. The molecule has 2 aromatic heterocycles. The number of hydrogen-bond donors (Lipinski definition) is 0. The minimum Gasteiger partial charge on any atom is -0.493 e. The second-order valence-corrected chi connectivity index (χ2v) is 8.31. The lowest BCUT2D eigenvalue weighted by molar-refractivity contribution is 0.300. The van der Waals surface area contributed by atoms with Crippen LogP contribution >= 0.6 is 11.3 Å². The summed E-state index contributed by atoms with van der Waals surface area (Å²) in [5.74, 6) is 2.41. The quantitative estimate of drug-likeness (QED) is 0.545. The molecule has 1 fully saturated rings. The Morgan fingerprint density at radius 3 is 2.87 bits per heavy atom. The van der Waals surface area contributed by atoms with Crippen molar-refractivity contribution in [3.63, 3.8) is 0 Å². The zero-order chi connectivity index (χ0) is 20.9. The molecular weight excluding hydrogens is 398 g/mol. The van der Waals surface area contributed by atoms with E-state index in [0.29, 0.717) is 11.8 Å². The Hall–Kier alpha value is -2.71. The van der Waals surface area contributed by atoms with Gasteiger partial charge in [0.1, 0.15) is 5.01 Å². The first-order valence-corrected chi connectivity index (χ1v) is 11.0. The van der Waals surface area contributed by atoms with E-state index in [2.05, 4.69) is 32.4 Å². The number of rotatable bonds is 8. The van der Waals surface area contributed by atoms with Crippen molar-refractivity contribution in [2.24, 2.45) is 0 Å². The van der Waals surface area contributed by atoms with E-state index in [1.807, 2.05) is 30.3 Å². The van der Waals surface area contributed by atoms with Gasteiger partial charge in [-0.15, -0.1) is 16.4 Å². The maximum Gasteiger partial charge on any atom is 0.170 e. The first kappa shape index (κ1) is 20.6. The summed E-state index contributed by atoms with van der Waals surface area (Å²) < 4.78 is 11.0. The van der Waals surface area contributed by atoms with Crippen molar-refractivity contribution in [2.45, 2.75) is 25.4 Å². The Morgan fingerprint density at radius 2 is 2.10 bits per heavy atom. The van der Waals surface area contributed by atoms with Crippen LogP contribution in [0.15, 0.2) is 41.9 Å². The molecule has 7 nitrogen and oxygen atoms in total. The highest BCUT2D eigenvalue weighted by Crippen LogP contribution is 2.39.